The molecule has 0 fully saturated rings. The Labute approximate surface area is 97.0 Å². The summed E-state index contributed by atoms with van der Waals surface area (Å²) in [6.45, 7) is 17.3. The van der Waals surface area contributed by atoms with Gasteiger partial charge in [0, 0.05) is 5.54 Å². The highest BCUT2D eigenvalue weighted by molar-refractivity contribution is 4.82. The zero-order valence-electron chi connectivity index (χ0n) is 11.9. The summed E-state index contributed by atoms with van der Waals surface area (Å²) in [6, 6.07) is 0. The lowest BCUT2D eigenvalue weighted by molar-refractivity contribution is 0.240. The van der Waals surface area contributed by atoms with Crippen molar-refractivity contribution in [3.8, 4) is 0 Å². The molecule has 0 aromatic carbocycles. The quantitative estimate of drug-likeness (QED) is 0.651. The van der Waals surface area contributed by atoms with Gasteiger partial charge in [0.15, 0.2) is 0 Å². The topological polar surface area (TPSA) is 12.0 Å². The molecule has 0 aliphatic rings. The van der Waals surface area contributed by atoms with Crippen molar-refractivity contribution in [1.29, 1.82) is 0 Å². The molecule has 0 heterocycles. The molecule has 0 unspecified atom stereocenters. The van der Waals surface area contributed by atoms with Crippen LogP contribution >= 0.6 is 0 Å². The molecule has 0 bridgehead atoms. The standard InChI is InChI=1S/C14H31N/c1-12(2)9-8-10-15-14(6,7)11-13(3,4)5/h12,15H,8-11H2,1-7H3. The van der Waals surface area contributed by atoms with Crippen LogP contribution in [0.5, 0.6) is 0 Å². The second-order valence-corrected chi connectivity index (χ2v) is 7.08. The number of rotatable bonds is 6. The first-order valence-electron chi connectivity index (χ1n) is 6.37. The van der Waals surface area contributed by atoms with Crippen LogP contribution in [-0.2, 0) is 0 Å². The molecule has 0 rings (SSSR count). The fourth-order valence-corrected chi connectivity index (χ4v) is 2.33. The van der Waals surface area contributed by atoms with Crippen LogP contribution in [0.4, 0.5) is 0 Å². The van der Waals surface area contributed by atoms with Crippen molar-refractivity contribution in [1.82, 2.24) is 5.32 Å². The van der Waals surface area contributed by atoms with Gasteiger partial charge in [-0.2, -0.15) is 0 Å². The van der Waals surface area contributed by atoms with Gasteiger partial charge in [-0.1, -0.05) is 34.6 Å². The molecule has 1 heteroatoms. The van der Waals surface area contributed by atoms with E-state index in [1.54, 1.807) is 0 Å². The lowest BCUT2D eigenvalue weighted by Crippen LogP contribution is -2.42. The zero-order chi connectivity index (χ0) is 12.1. The largest absolute Gasteiger partial charge is 0.312 e. The molecule has 15 heavy (non-hydrogen) atoms. The van der Waals surface area contributed by atoms with Crippen LogP contribution in [0.15, 0.2) is 0 Å². The Bertz CT molecular complexity index is 163. The summed E-state index contributed by atoms with van der Waals surface area (Å²) in [5.74, 6) is 0.831. The van der Waals surface area contributed by atoms with Crippen LogP contribution in [0.3, 0.4) is 0 Å². The van der Waals surface area contributed by atoms with Gasteiger partial charge in [0.05, 0.1) is 0 Å². The molecular weight excluding hydrogens is 182 g/mol. The molecule has 0 aliphatic heterocycles. The van der Waals surface area contributed by atoms with E-state index in [2.05, 4.69) is 53.8 Å². The van der Waals surface area contributed by atoms with Gasteiger partial charge < -0.3 is 5.32 Å². The highest BCUT2D eigenvalue weighted by atomic mass is 14.9. The molecule has 0 atom stereocenters. The number of nitrogens with one attached hydrogen (secondary N) is 1. The van der Waals surface area contributed by atoms with Crippen LogP contribution in [0, 0.1) is 11.3 Å². The van der Waals surface area contributed by atoms with Crippen molar-refractivity contribution in [2.45, 2.75) is 73.3 Å². The SMILES string of the molecule is CC(C)CCCNC(C)(C)CC(C)(C)C. The van der Waals surface area contributed by atoms with Gasteiger partial charge in [-0.05, 0) is 51.0 Å². The third-order valence-electron chi connectivity index (χ3n) is 2.53. The molecule has 0 aliphatic carbocycles. The molecule has 1 nitrogen and oxygen atoms in total. The summed E-state index contributed by atoms with van der Waals surface area (Å²) < 4.78 is 0. The predicted octanol–water partition coefficient (Wildman–Crippen LogP) is 4.23. The minimum absolute atomic E-state index is 0.273. The maximum atomic E-state index is 3.67. The minimum Gasteiger partial charge on any atom is -0.312 e. The van der Waals surface area contributed by atoms with E-state index in [4.69, 9.17) is 0 Å². The van der Waals surface area contributed by atoms with Gasteiger partial charge in [0.1, 0.15) is 0 Å². The van der Waals surface area contributed by atoms with Crippen molar-refractivity contribution in [3.63, 3.8) is 0 Å². The molecule has 0 saturated carbocycles. The highest BCUT2D eigenvalue weighted by Crippen LogP contribution is 2.26. The molecule has 1 N–H and O–H groups in total. The van der Waals surface area contributed by atoms with E-state index in [0.29, 0.717) is 5.41 Å². The third-order valence-corrected chi connectivity index (χ3v) is 2.53. The van der Waals surface area contributed by atoms with Crippen molar-refractivity contribution < 1.29 is 0 Å². The summed E-state index contributed by atoms with van der Waals surface area (Å²) >= 11 is 0. The van der Waals surface area contributed by atoms with E-state index in [0.717, 1.165) is 12.5 Å². The van der Waals surface area contributed by atoms with Crippen LogP contribution in [0.1, 0.15) is 67.7 Å². The Hall–Kier alpha value is -0.0400. The Morgan fingerprint density at radius 3 is 1.93 bits per heavy atom. The van der Waals surface area contributed by atoms with Crippen molar-refractivity contribution in [2.75, 3.05) is 6.54 Å². The van der Waals surface area contributed by atoms with Crippen molar-refractivity contribution in [2.24, 2.45) is 11.3 Å². The molecule has 0 radical (unpaired) electrons. The van der Waals surface area contributed by atoms with Gasteiger partial charge in [-0.15, -0.1) is 0 Å². The number of hydrogen-bond donors (Lipinski definition) is 1. The molecule has 92 valence electrons. The molecule has 0 aromatic rings. The minimum atomic E-state index is 0.273. The van der Waals surface area contributed by atoms with Crippen LogP contribution in [-0.4, -0.2) is 12.1 Å². The summed E-state index contributed by atoms with van der Waals surface area (Å²) in [6.07, 6.45) is 3.85. The zero-order valence-corrected chi connectivity index (χ0v) is 11.9. The van der Waals surface area contributed by atoms with E-state index >= 15 is 0 Å². The Balaban J connectivity index is 3.74. The van der Waals surface area contributed by atoms with E-state index < -0.39 is 0 Å². The van der Waals surface area contributed by atoms with Gasteiger partial charge >= 0.3 is 0 Å². The summed E-state index contributed by atoms with van der Waals surface area (Å²) in [5.41, 5.74) is 0.684. The second kappa shape index (κ2) is 5.89. The summed E-state index contributed by atoms with van der Waals surface area (Å²) in [5, 5.41) is 3.67. The first kappa shape index (κ1) is 15.0. The first-order valence-corrected chi connectivity index (χ1v) is 6.37. The van der Waals surface area contributed by atoms with Crippen LogP contribution in [0.25, 0.3) is 0 Å². The van der Waals surface area contributed by atoms with Crippen molar-refractivity contribution >= 4 is 0 Å². The lowest BCUT2D eigenvalue weighted by atomic mass is 9.82. The van der Waals surface area contributed by atoms with Gasteiger partial charge in [-0.3, -0.25) is 0 Å². The van der Waals surface area contributed by atoms with E-state index in [-0.39, 0.29) is 5.54 Å². The summed E-state index contributed by atoms with van der Waals surface area (Å²) in [7, 11) is 0. The highest BCUT2D eigenvalue weighted by Gasteiger charge is 2.24. The smallest absolute Gasteiger partial charge is 0.0130 e. The lowest BCUT2D eigenvalue weighted by Gasteiger charge is -2.33. The third kappa shape index (κ3) is 10.2. The monoisotopic (exact) mass is 213 g/mol. The average Bonchev–Trinajstić information content (AvgIpc) is 1.93. The average molecular weight is 213 g/mol. The Morgan fingerprint density at radius 1 is 1.00 bits per heavy atom. The first-order chi connectivity index (χ1) is 6.62. The van der Waals surface area contributed by atoms with Gasteiger partial charge in [0.25, 0.3) is 0 Å². The van der Waals surface area contributed by atoms with Gasteiger partial charge in [0.2, 0.25) is 0 Å². The molecular formula is C14H31N. The normalized spacial score (nSPS) is 13.6. The Kier molecular flexibility index (Phi) is 5.87. The maximum absolute atomic E-state index is 3.67. The van der Waals surface area contributed by atoms with E-state index in [1.807, 2.05) is 0 Å². The van der Waals surface area contributed by atoms with Crippen LogP contribution in [0.2, 0.25) is 0 Å². The maximum Gasteiger partial charge on any atom is 0.0130 e. The Morgan fingerprint density at radius 2 is 1.53 bits per heavy atom. The molecule has 0 aromatic heterocycles. The fourth-order valence-electron chi connectivity index (χ4n) is 2.33. The van der Waals surface area contributed by atoms with Gasteiger partial charge in [-0.25, -0.2) is 0 Å². The molecule has 0 spiro atoms. The van der Waals surface area contributed by atoms with E-state index in [1.165, 1.54) is 19.3 Å². The molecule has 0 saturated heterocycles. The fraction of sp³-hybridized carbons (Fsp3) is 1.00. The molecule has 0 amide bonds. The second-order valence-electron chi connectivity index (χ2n) is 7.08. The van der Waals surface area contributed by atoms with Crippen molar-refractivity contribution in [3.05, 3.63) is 0 Å². The predicted molar refractivity (Wildman–Crippen MR) is 70.2 cm³/mol. The summed E-state index contributed by atoms with van der Waals surface area (Å²) in [4.78, 5) is 0. The number of hydrogen-bond acceptors (Lipinski definition) is 1. The van der Waals surface area contributed by atoms with E-state index in [9.17, 15) is 0 Å². The van der Waals surface area contributed by atoms with Crippen LogP contribution < -0.4 is 5.32 Å².